The summed E-state index contributed by atoms with van der Waals surface area (Å²) in [6, 6.07) is 6.93. The summed E-state index contributed by atoms with van der Waals surface area (Å²) in [5.74, 6) is -1.16. The Labute approximate surface area is 136 Å². The van der Waals surface area contributed by atoms with Gasteiger partial charge in [-0.2, -0.15) is 0 Å². The average molecular weight is 319 g/mol. The maximum absolute atomic E-state index is 12.0. The van der Waals surface area contributed by atoms with Crippen molar-refractivity contribution >= 4 is 17.7 Å². The fourth-order valence-corrected chi connectivity index (χ4v) is 2.06. The first kappa shape index (κ1) is 18.7. The fraction of sp³-hybridized carbons (Fsp3) is 0.471. The second-order valence-electron chi connectivity index (χ2n) is 6.65. The molecule has 1 aromatic rings. The van der Waals surface area contributed by atoms with Crippen molar-refractivity contribution in [3.8, 4) is 0 Å². The lowest BCUT2D eigenvalue weighted by Crippen LogP contribution is -2.42. The Morgan fingerprint density at radius 1 is 1.13 bits per heavy atom. The molecule has 0 saturated carbocycles. The van der Waals surface area contributed by atoms with Crippen molar-refractivity contribution in [3.05, 3.63) is 35.4 Å². The molecule has 126 valence electrons. The van der Waals surface area contributed by atoms with Crippen LogP contribution in [-0.2, 0) is 15.0 Å². The number of carbonyl (C=O) groups excluding carboxylic acids is 3. The van der Waals surface area contributed by atoms with E-state index < -0.39 is 5.91 Å². The van der Waals surface area contributed by atoms with Crippen molar-refractivity contribution in [2.45, 2.75) is 45.6 Å². The third-order valence-corrected chi connectivity index (χ3v) is 3.34. The van der Waals surface area contributed by atoms with Gasteiger partial charge in [-0.3, -0.25) is 14.4 Å². The zero-order valence-corrected chi connectivity index (χ0v) is 14.1. The first-order valence-corrected chi connectivity index (χ1v) is 7.56. The van der Waals surface area contributed by atoms with Crippen LogP contribution in [0.4, 0.5) is 0 Å². The Morgan fingerprint density at radius 2 is 1.70 bits per heavy atom. The molecule has 0 aliphatic rings. The van der Waals surface area contributed by atoms with E-state index in [0.29, 0.717) is 5.56 Å². The molecule has 6 nitrogen and oxygen atoms in total. The number of hydrogen-bond acceptors (Lipinski definition) is 3. The summed E-state index contributed by atoms with van der Waals surface area (Å²) in [7, 11) is 0. The summed E-state index contributed by atoms with van der Waals surface area (Å²) < 4.78 is 0. The van der Waals surface area contributed by atoms with Crippen molar-refractivity contribution in [2.24, 2.45) is 5.73 Å². The highest BCUT2D eigenvalue weighted by atomic mass is 16.2. The molecular weight excluding hydrogens is 294 g/mol. The van der Waals surface area contributed by atoms with Crippen molar-refractivity contribution in [3.63, 3.8) is 0 Å². The lowest BCUT2D eigenvalue weighted by Gasteiger charge is -2.19. The van der Waals surface area contributed by atoms with Crippen LogP contribution in [0.1, 0.15) is 50.0 Å². The highest BCUT2D eigenvalue weighted by Gasteiger charge is 2.15. The summed E-state index contributed by atoms with van der Waals surface area (Å²) in [6.45, 7) is 7.82. The lowest BCUT2D eigenvalue weighted by atomic mass is 9.87. The number of nitrogens with one attached hydrogen (secondary N) is 2. The zero-order valence-electron chi connectivity index (χ0n) is 14.1. The molecule has 0 fully saturated rings. The molecule has 0 unspecified atom stereocenters. The Bertz CT molecular complexity index is 574. The van der Waals surface area contributed by atoms with E-state index in [0.717, 1.165) is 5.56 Å². The third-order valence-electron chi connectivity index (χ3n) is 3.34. The van der Waals surface area contributed by atoms with Gasteiger partial charge in [0, 0.05) is 18.0 Å². The van der Waals surface area contributed by atoms with Crippen LogP contribution in [0.2, 0.25) is 0 Å². The number of nitrogens with two attached hydrogens (primary N) is 1. The first-order chi connectivity index (χ1) is 10.6. The number of rotatable bonds is 6. The Kier molecular flexibility index (Phi) is 6.30. The molecule has 0 radical (unpaired) electrons. The van der Waals surface area contributed by atoms with Gasteiger partial charge in [0.05, 0.1) is 6.54 Å². The molecule has 0 aromatic heterocycles. The molecule has 1 rings (SSSR count). The molecule has 0 saturated heterocycles. The van der Waals surface area contributed by atoms with Crippen LogP contribution in [0.5, 0.6) is 0 Å². The van der Waals surface area contributed by atoms with Gasteiger partial charge in [-0.05, 0) is 30.0 Å². The maximum atomic E-state index is 12.0. The molecule has 3 amide bonds. The van der Waals surface area contributed by atoms with Crippen LogP contribution in [0.3, 0.4) is 0 Å². The largest absolute Gasteiger partial charge is 0.370 e. The van der Waals surface area contributed by atoms with E-state index in [1.54, 1.807) is 19.1 Å². The van der Waals surface area contributed by atoms with E-state index in [4.69, 9.17) is 5.73 Å². The van der Waals surface area contributed by atoms with Gasteiger partial charge in [-0.25, -0.2) is 0 Å². The summed E-state index contributed by atoms with van der Waals surface area (Å²) in [4.78, 5) is 34.4. The smallest absolute Gasteiger partial charge is 0.251 e. The van der Waals surface area contributed by atoms with E-state index in [9.17, 15) is 14.4 Å². The van der Waals surface area contributed by atoms with Gasteiger partial charge in [0.1, 0.15) is 0 Å². The summed E-state index contributed by atoms with van der Waals surface area (Å²) in [5.41, 5.74) is 6.70. The van der Waals surface area contributed by atoms with Crippen molar-refractivity contribution in [1.29, 1.82) is 0 Å². The summed E-state index contributed by atoms with van der Waals surface area (Å²) in [6.07, 6.45) is 0.0634. The summed E-state index contributed by atoms with van der Waals surface area (Å²) >= 11 is 0. The number of amides is 3. The fourth-order valence-electron chi connectivity index (χ4n) is 2.06. The third kappa shape index (κ3) is 6.50. The number of carbonyl (C=O) groups is 3. The second-order valence-corrected chi connectivity index (χ2v) is 6.65. The minimum Gasteiger partial charge on any atom is -0.370 e. The van der Waals surface area contributed by atoms with Gasteiger partial charge < -0.3 is 16.4 Å². The van der Waals surface area contributed by atoms with E-state index >= 15 is 0 Å². The molecule has 6 heteroatoms. The lowest BCUT2D eigenvalue weighted by molar-refractivity contribution is -0.121. The maximum Gasteiger partial charge on any atom is 0.251 e. The molecule has 1 aromatic carbocycles. The minimum absolute atomic E-state index is 0.0193. The Balaban J connectivity index is 2.50. The number of hydrogen-bond donors (Lipinski definition) is 3. The molecule has 0 heterocycles. The van der Waals surface area contributed by atoms with Crippen LogP contribution in [0.25, 0.3) is 0 Å². The topological polar surface area (TPSA) is 101 Å². The molecule has 4 N–H and O–H groups in total. The SMILES string of the molecule is C[C@H](CC(N)=O)NC(=O)CNC(=O)c1ccc(C(C)(C)C)cc1. The highest BCUT2D eigenvalue weighted by molar-refractivity contribution is 5.96. The van der Waals surface area contributed by atoms with E-state index in [1.165, 1.54) is 0 Å². The van der Waals surface area contributed by atoms with Crippen LogP contribution < -0.4 is 16.4 Å². The average Bonchev–Trinajstić information content (AvgIpc) is 2.43. The Morgan fingerprint density at radius 3 is 2.17 bits per heavy atom. The molecule has 23 heavy (non-hydrogen) atoms. The normalized spacial score (nSPS) is 12.3. The molecule has 0 spiro atoms. The van der Waals surface area contributed by atoms with E-state index in [2.05, 4.69) is 31.4 Å². The van der Waals surface area contributed by atoms with Crippen LogP contribution in [-0.4, -0.2) is 30.3 Å². The predicted octanol–water partition coefficient (Wildman–Crippen LogP) is 1.09. The standard InChI is InChI=1S/C17H25N3O3/c1-11(9-14(18)21)20-15(22)10-19-16(23)12-5-7-13(8-6-12)17(2,3)4/h5-8,11H,9-10H2,1-4H3,(H2,18,21)(H,19,23)(H,20,22)/t11-/m1/s1. The highest BCUT2D eigenvalue weighted by Crippen LogP contribution is 2.22. The number of primary amides is 1. The van der Waals surface area contributed by atoms with Gasteiger partial charge in [0.15, 0.2) is 0 Å². The van der Waals surface area contributed by atoms with Crippen LogP contribution in [0.15, 0.2) is 24.3 Å². The monoisotopic (exact) mass is 319 g/mol. The molecular formula is C17H25N3O3. The van der Waals surface area contributed by atoms with Gasteiger partial charge in [0.25, 0.3) is 5.91 Å². The summed E-state index contributed by atoms with van der Waals surface area (Å²) in [5, 5.41) is 5.14. The van der Waals surface area contributed by atoms with Gasteiger partial charge >= 0.3 is 0 Å². The number of benzene rings is 1. The molecule has 0 bridgehead atoms. The quantitative estimate of drug-likeness (QED) is 0.731. The minimum atomic E-state index is -0.485. The molecule has 1 atom stereocenters. The van der Waals surface area contributed by atoms with Crippen LogP contribution in [0, 0.1) is 0 Å². The van der Waals surface area contributed by atoms with Crippen molar-refractivity contribution in [2.75, 3.05) is 6.54 Å². The predicted molar refractivity (Wildman–Crippen MR) is 88.9 cm³/mol. The molecule has 0 aliphatic carbocycles. The molecule has 0 aliphatic heterocycles. The van der Waals surface area contributed by atoms with E-state index in [-0.39, 0.29) is 36.2 Å². The van der Waals surface area contributed by atoms with Crippen LogP contribution >= 0.6 is 0 Å². The van der Waals surface area contributed by atoms with E-state index in [1.807, 2.05) is 12.1 Å². The van der Waals surface area contributed by atoms with Gasteiger partial charge in [-0.15, -0.1) is 0 Å². The second kappa shape index (κ2) is 7.76. The van der Waals surface area contributed by atoms with Gasteiger partial charge in [0.2, 0.25) is 11.8 Å². The van der Waals surface area contributed by atoms with Crippen molar-refractivity contribution in [1.82, 2.24) is 10.6 Å². The van der Waals surface area contributed by atoms with Crippen molar-refractivity contribution < 1.29 is 14.4 Å². The first-order valence-electron chi connectivity index (χ1n) is 7.56. The van der Waals surface area contributed by atoms with Gasteiger partial charge in [-0.1, -0.05) is 32.9 Å². The zero-order chi connectivity index (χ0) is 17.6. The Hall–Kier alpha value is -2.37.